The van der Waals surface area contributed by atoms with Gasteiger partial charge in [0.15, 0.2) is 0 Å². The van der Waals surface area contributed by atoms with E-state index in [2.05, 4.69) is 12.2 Å². The van der Waals surface area contributed by atoms with Crippen LogP contribution in [0.5, 0.6) is 0 Å². The smallest absolute Gasteiger partial charge is 0.0693 e. The highest BCUT2D eigenvalue weighted by molar-refractivity contribution is 4.79. The molecule has 0 amide bonds. The fourth-order valence-electron chi connectivity index (χ4n) is 2.01. The summed E-state index contributed by atoms with van der Waals surface area (Å²) < 4.78 is 0. The third-order valence-electron chi connectivity index (χ3n) is 2.92. The molecule has 0 aromatic rings. The first kappa shape index (κ1) is 11.0. The first-order valence-electron chi connectivity index (χ1n) is 5.76. The normalized spacial score (nSPS) is 29.1. The predicted molar refractivity (Wildman–Crippen MR) is 55.8 cm³/mol. The van der Waals surface area contributed by atoms with Crippen molar-refractivity contribution in [3.63, 3.8) is 0 Å². The Kier molecular flexibility index (Phi) is 5.40. The number of aliphatic hydroxyl groups excluding tert-OH is 1. The quantitative estimate of drug-likeness (QED) is 0.643. The van der Waals surface area contributed by atoms with Crippen LogP contribution in [0.25, 0.3) is 0 Å². The third-order valence-corrected chi connectivity index (χ3v) is 2.92. The third kappa shape index (κ3) is 4.10. The van der Waals surface area contributed by atoms with E-state index in [4.69, 9.17) is 0 Å². The van der Waals surface area contributed by atoms with Crippen LogP contribution in [0.15, 0.2) is 0 Å². The summed E-state index contributed by atoms with van der Waals surface area (Å²) in [5.74, 6) is 0. The van der Waals surface area contributed by atoms with Crippen LogP contribution in [0.4, 0.5) is 0 Å². The lowest BCUT2D eigenvalue weighted by Gasteiger charge is -2.28. The van der Waals surface area contributed by atoms with Crippen molar-refractivity contribution in [1.29, 1.82) is 0 Å². The summed E-state index contributed by atoms with van der Waals surface area (Å²) in [6, 6.07) is 0.380. The van der Waals surface area contributed by atoms with Crippen LogP contribution in [0, 0.1) is 0 Å². The van der Waals surface area contributed by atoms with E-state index in [9.17, 15) is 5.11 Å². The molecule has 0 aromatic carbocycles. The molecule has 2 nitrogen and oxygen atoms in total. The molecule has 13 heavy (non-hydrogen) atoms. The Morgan fingerprint density at radius 2 is 2.00 bits per heavy atom. The first-order valence-corrected chi connectivity index (χ1v) is 5.76. The molecule has 78 valence electrons. The average Bonchev–Trinajstić information content (AvgIpc) is 2.15. The van der Waals surface area contributed by atoms with E-state index in [1.165, 1.54) is 32.1 Å². The number of unbranched alkanes of at least 4 members (excludes halogenated alkanes) is 2. The Morgan fingerprint density at radius 1 is 1.23 bits per heavy atom. The maximum Gasteiger partial charge on any atom is 0.0693 e. The van der Waals surface area contributed by atoms with E-state index in [0.29, 0.717) is 6.04 Å². The lowest BCUT2D eigenvalue weighted by atomic mass is 9.92. The maximum absolute atomic E-state index is 9.66. The van der Waals surface area contributed by atoms with Crippen LogP contribution in [-0.4, -0.2) is 23.8 Å². The summed E-state index contributed by atoms with van der Waals surface area (Å²) in [6.45, 7) is 3.30. The molecule has 0 bridgehead atoms. The van der Waals surface area contributed by atoms with E-state index in [0.717, 1.165) is 19.4 Å². The van der Waals surface area contributed by atoms with Crippen LogP contribution in [0.2, 0.25) is 0 Å². The number of hydrogen-bond donors (Lipinski definition) is 2. The Labute approximate surface area is 81.7 Å². The summed E-state index contributed by atoms with van der Waals surface area (Å²) in [5, 5.41) is 13.1. The lowest BCUT2D eigenvalue weighted by molar-refractivity contribution is 0.0910. The first-order chi connectivity index (χ1) is 6.34. The molecule has 0 saturated heterocycles. The van der Waals surface area contributed by atoms with Crippen molar-refractivity contribution in [3.8, 4) is 0 Å². The highest BCUT2D eigenvalue weighted by Gasteiger charge is 2.21. The van der Waals surface area contributed by atoms with Gasteiger partial charge in [0.1, 0.15) is 0 Å². The van der Waals surface area contributed by atoms with E-state index in [-0.39, 0.29) is 6.10 Å². The van der Waals surface area contributed by atoms with E-state index in [1.807, 2.05) is 0 Å². The number of aliphatic hydroxyl groups is 1. The van der Waals surface area contributed by atoms with Gasteiger partial charge in [-0.25, -0.2) is 0 Å². The second-order valence-electron chi connectivity index (χ2n) is 4.12. The highest BCUT2D eigenvalue weighted by atomic mass is 16.3. The average molecular weight is 185 g/mol. The van der Waals surface area contributed by atoms with Crippen LogP contribution in [0.1, 0.15) is 51.9 Å². The molecule has 0 aliphatic heterocycles. The molecule has 1 rings (SSSR count). The molecule has 2 heteroatoms. The summed E-state index contributed by atoms with van der Waals surface area (Å²) in [4.78, 5) is 0. The number of rotatable bonds is 5. The topological polar surface area (TPSA) is 32.3 Å². The Morgan fingerprint density at radius 3 is 2.69 bits per heavy atom. The van der Waals surface area contributed by atoms with Gasteiger partial charge in [-0.05, 0) is 25.8 Å². The van der Waals surface area contributed by atoms with Crippen molar-refractivity contribution in [2.45, 2.75) is 64.0 Å². The second-order valence-corrected chi connectivity index (χ2v) is 4.12. The molecule has 1 saturated carbocycles. The lowest BCUT2D eigenvalue weighted by Crippen LogP contribution is -2.42. The molecule has 2 atom stereocenters. The van der Waals surface area contributed by atoms with Crippen molar-refractivity contribution >= 4 is 0 Å². The fourth-order valence-corrected chi connectivity index (χ4v) is 2.01. The van der Waals surface area contributed by atoms with Gasteiger partial charge in [-0.2, -0.15) is 0 Å². The van der Waals surface area contributed by atoms with Gasteiger partial charge in [0.05, 0.1) is 6.10 Å². The van der Waals surface area contributed by atoms with Crippen molar-refractivity contribution in [2.75, 3.05) is 6.54 Å². The predicted octanol–water partition coefficient (Wildman–Crippen LogP) is 2.07. The largest absolute Gasteiger partial charge is 0.392 e. The second kappa shape index (κ2) is 6.39. The molecule has 1 aliphatic carbocycles. The minimum absolute atomic E-state index is 0.0876. The molecular weight excluding hydrogens is 162 g/mol. The van der Waals surface area contributed by atoms with Gasteiger partial charge < -0.3 is 10.4 Å². The van der Waals surface area contributed by atoms with E-state index in [1.54, 1.807) is 0 Å². The molecular formula is C11H23NO. The number of nitrogens with one attached hydrogen (secondary N) is 1. The van der Waals surface area contributed by atoms with E-state index < -0.39 is 0 Å². The van der Waals surface area contributed by atoms with Crippen LogP contribution >= 0.6 is 0 Å². The zero-order valence-corrected chi connectivity index (χ0v) is 8.76. The van der Waals surface area contributed by atoms with Crippen LogP contribution in [0.3, 0.4) is 0 Å². The monoisotopic (exact) mass is 185 g/mol. The van der Waals surface area contributed by atoms with Crippen molar-refractivity contribution in [3.05, 3.63) is 0 Å². The molecule has 0 heterocycles. The van der Waals surface area contributed by atoms with Gasteiger partial charge in [-0.1, -0.05) is 32.6 Å². The van der Waals surface area contributed by atoms with E-state index >= 15 is 0 Å². The highest BCUT2D eigenvalue weighted by Crippen LogP contribution is 2.18. The zero-order valence-electron chi connectivity index (χ0n) is 8.76. The Balaban J connectivity index is 2.05. The molecule has 1 aliphatic rings. The van der Waals surface area contributed by atoms with Crippen molar-refractivity contribution in [1.82, 2.24) is 5.32 Å². The fraction of sp³-hybridized carbons (Fsp3) is 1.00. The molecule has 0 radical (unpaired) electrons. The number of hydrogen-bond acceptors (Lipinski definition) is 2. The zero-order chi connectivity index (χ0) is 9.52. The Bertz CT molecular complexity index is 127. The van der Waals surface area contributed by atoms with Crippen molar-refractivity contribution < 1.29 is 5.11 Å². The summed E-state index contributed by atoms with van der Waals surface area (Å²) in [7, 11) is 0. The molecule has 2 N–H and O–H groups in total. The minimum atomic E-state index is -0.0876. The summed E-state index contributed by atoms with van der Waals surface area (Å²) in [6.07, 6.45) is 8.37. The summed E-state index contributed by atoms with van der Waals surface area (Å²) in [5.41, 5.74) is 0. The molecule has 0 aromatic heterocycles. The molecule has 0 spiro atoms. The SMILES string of the molecule is CCCCCNC1CCCCC1O. The standard InChI is InChI=1S/C11H23NO/c1-2-3-6-9-12-10-7-4-5-8-11(10)13/h10-13H,2-9H2,1H3. The molecule has 1 fully saturated rings. The van der Waals surface area contributed by atoms with Crippen LogP contribution < -0.4 is 5.32 Å². The summed E-state index contributed by atoms with van der Waals surface area (Å²) >= 11 is 0. The van der Waals surface area contributed by atoms with Crippen LogP contribution in [-0.2, 0) is 0 Å². The minimum Gasteiger partial charge on any atom is -0.392 e. The van der Waals surface area contributed by atoms with Crippen molar-refractivity contribution in [2.24, 2.45) is 0 Å². The van der Waals surface area contributed by atoms with Gasteiger partial charge in [0.25, 0.3) is 0 Å². The molecule has 2 unspecified atom stereocenters. The maximum atomic E-state index is 9.66. The van der Waals surface area contributed by atoms with Gasteiger partial charge in [-0.3, -0.25) is 0 Å². The van der Waals surface area contributed by atoms with Gasteiger partial charge in [-0.15, -0.1) is 0 Å². The van der Waals surface area contributed by atoms with Gasteiger partial charge >= 0.3 is 0 Å². The van der Waals surface area contributed by atoms with Gasteiger partial charge in [0, 0.05) is 6.04 Å². The Hall–Kier alpha value is -0.0800. The van der Waals surface area contributed by atoms with Gasteiger partial charge in [0.2, 0.25) is 0 Å².